The van der Waals surface area contributed by atoms with Crippen molar-refractivity contribution in [3.63, 3.8) is 0 Å². The summed E-state index contributed by atoms with van der Waals surface area (Å²) in [6.07, 6.45) is 10.0. The number of hydrogen-bond donors (Lipinski definition) is 1. The van der Waals surface area contributed by atoms with Crippen LogP contribution in [0.3, 0.4) is 0 Å². The highest BCUT2D eigenvalue weighted by atomic mass is 16.5. The van der Waals surface area contributed by atoms with E-state index in [-0.39, 0.29) is 0 Å². The molecule has 2 saturated carbocycles. The van der Waals surface area contributed by atoms with Crippen LogP contribution in [-0.4, -0.2) is 25.8 Å². The maximum Gasteiger partial charge on any atom is 0.0509 e. The quantitative estimate of drug-likeness (QED) is 0.810. The number of ether oxygens (including phenoxy) is 1. The Balaban J connectivity index is 1.52. The van der Waals surface area contributed by atoms with Crippen molar-refractivity contribution in [1.29, 1.82) is 0 Å². The molecule has 0 aromatic heterocycles. The third kappa shape index (κ3) is 2.75. The van der Waals surface area contributed by atoms with Crippen molar-refractivity contribution >= 4 is 0 Å². The van der Waals surface area contributed by atoms with Gasteiger partial charge in [-0.3, -0.25) is 0 Å². The molecule has 3 rings (SSSR count). The molecule has 0 amide bonds. The molecule has 5 atom stereocenters. The second kappa shape index (κ2) is 5.92. The van der Waals surface area contributed by atoms with Gasteiger partial charge in [0.1, 0.15) is 0 Å². The Bertz CT molecular complexity index is 268. The Labute approximate surface area is 112 Å². The summed E-state index contributed by atoms with van der Waals surface area (Å²) in [5, 5.41) is 3.76. The van der Waals surface area contributed by atoms with E-state index in [2.05, 4.69) is 12.2 Å². The highest BCUT2D eigenvalue weighted by Crippen LogP contribution is 2.50. The van der Waals surface area contributed by atoms with E-state index < -0.39 is 0 Å². The maximum atomic E-state index is 5.74. The summed E-state index contributed by atoms with van der Waals surface area (Å²) in [6, 6.07) is 0.734. The molecule has 0 aromatic rings. The monoisotopic (exact) mass is 251 g/mol. The Kier molecular flexibility index (Phi) is 4.25. The number of hydrogen-bond acceptors (Lipinski definition) is 2. The second-order valence-electron chi connectivity index (χ2n) is 6.85. The summed E-state index contributed by atoms with van der Waals surface area (Å²) in [5.41, 5.74) is 0. The van der Waals surface area contributed by atoms with E-state index in [9.17, 15) is 0 Å². The van der Waals surface area contributed by atoms with Gasteiger partial charge >= 0.3 is 0 Å². The molecular weight excluding hydrogens is 222 g/mol. The Morgan fingerprint density at radius 2 is 2.06 bits per heavy atom. The zero-order valence-electron chi connectivity index (χ0n) is 11.9. The van der Waals surface area contributed by atoms with E-state index in [1.54, 1.807) is 6.42 Å². The van der Waals surface area contributed by atoms with Crippen molar-refractivity contribution in [2.24, 2.45) is 23.7 Å². The third-order valence-corrected chi connectivity index (χ3v) is 5.62. The molecule has 2 nitrogen and oxygen atoms in total. The van der Waals surface area contributed by atoms with Crippen LogP contribution in [0.1, 0.15) is 51.9 Å². The summed E-state index contributed by atoms with van der Waals surface area (Å²) >= 11 is 0. The van der Waals surface area contributed by atoms with Gasteiger partial charge in [-0.25, -0.2) is 0 Å². The van der Waals surface area contributed by atoms with Crippen LogP contribution in [0.2, 0.25) is 0 Å². The lowest BCUT2D eigenvalue weighted by atomic mass is 9.79. The van der Waals surface area contributed by atoms with E-state index in [4.69, 9.17) is 4.74 Å². The van der Waals surface area contributed by atoms with E-state index in [1.165, 1.54) is 45.1 Å². The van der Waals surface area contributed by atoms with Gasteiger partial charge in [-0.1, -0.05) is 13.3 Å². The van der Waals surface area contributed by atoms with Crippen LogP contribution in [0.5, 0.6) is 0 Å². The molecule has 2 heteroatoms. The lowest BCUT2D eigenvalue weighted by Gasteiger charge is -2.35. The molecule has 0 aromatic carbocycles. The molecule has 2 aliphatic carbocycles. The molecule has 0 radical (unpaired) electrons. The Morgan fingerprint density at radius 3 is 2.78 bits per heavy atom. The summed E-state index contributed by atoms with van der Waals surface area (Å²) in [6.45, 7) is 5.42. The fourth-order valence-electron chi connectivity index (χ4n) is 4.68. The minimum absolute atomic E-state index is 0.734. The van der Waals surface area contributed by atoms with Crippen molar-refractivity contribution in [1.82, 2.24) is 5.32 Å². The van der Waals surface area contributed by atoms with Crippen molar-refractivity contribution in [3.8, 4) is 0 Å². The first-order valence-corrected chi connectivity index (χ1v) is 8.18. The average Bonchev–Trinajstić information content (AvgIpc) is 3.00. The van der Waals surface area contributed by atoms with E-state index in [0.717, 1.165) is 42.9 Å². The highest BCUT2D eigenvalue weighted by Gasteiger charge is 2.41. The lowest BCUT2D eigenvalue weighted by Crippen LogP contribution is -2.44. The first-order chi connectivity index (χ1) is 8.86. The Hall–Kier alpha value is -0.0800. The molecule has 18 heavy (non-hydrogen) atoms. The van der Waals surface area contributed by atoms with E-state index >= 15 is 0 Å². The van der Waals surface area contributed by atoms with Crippen molar-refractivity contribution in [3.05, 3.63) is 0 Å². The first kappa shape index (κ1) is 12.9. The van der Waals surface area contributed by atoms with Gasteiger partial charge in [0.25, 0.3) is 0 Å². The average molecular weight is 251 g/mol. The van der Waals surface area contributed by atoms with Gasteiger partial charge in [0.05, 0.1) is 6.61 Å². The van der Waals surface area contributed by atoms with Gasteiger partial charge < -0.3 is 10.1 Å². The Morgan fingerprint density at radius 1 is 1.11 bits per heavy atom. The van der Waals surface area contributed by atoms with E-state index in [0.29, 0.717) is 0 Å². The molecule has 0 spiro atoms. The summed E-state index contributed by atoms with van der Waals surface area (Å²) < 4.78 is 5.74. The predicted molar refractivity (Wildman–Crippen MR) is 74.6 cm³/mol. The van der Waals surface area contributed by atoms with Gasteiger partial charge in [-0.2, -0.15) is 0 Å². The molecule has 2 bridgehead atoms. The SMILES string of the molecule is CCCNC1CCOCC1CC1CC2CCC1C2. The summed E-state index contributed by atoms with van der Waals surface area (Å²) in [7, 11) is 0. The topological polar surface area (TPSA) is 21.3 Å². The number of fused-ring (bicyclic) bond motifs is 2. The third-order valence-electron chi connectivity index (χ3n) is 5.62. The van der Waals surface area contributed by atoms with Crippen LogP contribution in [0.15, 0.2) is 0 Å². The minimum atomic E-state index is 0.734. The lowest BCUT2D eigenvalue weighted by molar-refractivity contribution is 0.0185. The molecule has 3 aliphatic rings. The van der Waals surface area contributed by atoms with Crippen LogP contribution in [0.4, 0.5) is 0 Å². The van der Waals surface area contributed by atoms with Crippen molar-refractivity contribution < 1.29 is 4.74 Å². The largest absolute Gasteiger partial charge is 0.381 e. The molecule has 104 valence electrons. The number of rotatable bonds is 5. The van der Waals surface area contributed by atoms with Crippen molar-refractivity contribution in [2.75, 3.05) is 19.8 Å². The predicted octanol–water partition coefficient (Wildman–Crippen LogP) is 3.22. The molecule has 1 aliphatic heterocycles. The molecular formula is C16H29NO. The van der Waals surface area contributed by atoms with Gasteiger partial charge in [-0.15, -0.1) is 0 Å². The molecule has 1 N–H and O–H groups in total. The zero-order valence-corrected chi connectivity index (χ0v) is 11.9. The van der Waals surface area contributed by atoms with Gasteiger partial charge in [0.15, 0.2) is 0 Å². The highest BCUT2D eigenvalue weighted by molar-refractivity contribution is 4.92. The van der Waals surface area contributed by atoms with E-state index in [1.807, 2.05) is 0 Å². The fraction of sp³-hybridized carbons (Fsp3) is 1.00. The second-order valence-corrected chi connectivity index (χ2v) is 6.85. The normalized spacial score (nSPS) is 43.5. The minimum Gasteiger partial charge on any atom is -0.381 e. The van der Waals surface area contributed by atoms with Gasteiger partial charge in [-0.05, 0) is 68.7 Å². The van der Waals surface area contributed by atoms with Gasteiger partial charge in [0.2, 0.25) is 0 Å². The fourth-order valence-corrected chi connectivity index (χ4v) is 4.68. The van der Waals surface area contributed by atoms with Crippen LogP contribution in [0, 0.1) is 23.7 Å². The van der Waals surface area contributed by atoms with Gasteiger partial charge in [0, 0.05) is 12.6 Å². The molecule has 3 fully saturated rings. The molecule has 1 saturated heterocycles. The van der Waals surface area contributed by atoms with Crippen LogP contribution < -0.4 is 5.32 Å². The standard InChI is InChI=1S/C16H29NO/c1-2-6-17-16-5-7-18-11-15(16)10-14-9-12-3-4-13(14)8-12/h12-17H,2-11H2,1H3. The number of nitrogens with one attached hydrogen (secondary N) is 1. The maximum absolute atomic E-state index is 5.74. The summed E-state index contributed by atoms with van der Waals surface area (Å²) in [4.78, 5) is 0. The van der Waals surface area contributed by atoms with Crippen LogP contribution in [0.25, 0.3) is 0 Å². The van der Waals surface area contributed by atoms with Crippen LogP contribution in [-0.2, 0) is 4.74 Å². The van der Waals surface area contributed by atoms with Crippen LogP contribution >= 0.6 is 0 Å². The zero-order chi connectivity index (χ0) is 12.4. The first-order valence-electron chi connectivity index (χ1n) is 8.18. The molecule has 5 unspecified atom stereocenters. The summed E-state index contributed by atoms with van der Waals surface area (Å²) in [5.74, 6) is 3.98. The van der Waals surface area contributed by atoms with Crippen molar-refractivity contribution in [2.45, 2.75) is 57.9 Å². The smallest absolute Gasteiger partial charge is 0.0509 e. The molecule has 1 heterocycles.